The summed E-state index contributed by atoms with van der Waals surface area (Å²) in [6, 6.07) is 23.8. The standard InChI is InChI=1S/C38H46O8/c1-3-37(39)43-27-11-7-5-9-25-41-34-19-13-31(14-20-34)29-32-15-23-36(24-16-32)46-45-30-33-17-21-35(22-18-33)42-26-10-6-8-12-28-44-38(40)4-2/h3-4,13-24H,1-2,5-12,25-30H2. The third-order valence-corrected chi connectivity index (χ3v) is 7.00. The highest BCUT2D eigenvalue weighted by atomic mass is 17.2. The zero-order valence-electron chi connectivity index (χ0n) is 26.7. The van der Waals surface area contributed by atoms with E-state index in [1.54, 1.807) is 0 Å². The largest absolute Gasteiger partial charge is 0.494 e. The molecule has 0 spiro atoms. The Balaban J connectivity index is 1.24. The Morgan fingerprint density at radius 2 is 0.891 bits per heavy atom. The normalized spacial score (nSPS) is 10.5. The Bertz CT molecular complexity index is 1300. The first-order valence-corrected chi connectivity index (χ1v) is 16.0. The van der Waals surface area contributed by atoms with Crippen LogP contribution in [0.5, 0.6) is 17.2 Å². The molecule has 8 nitrogen and oxygen atoms in total. The number of esters is 2. The number of unbranched alkanes of at least 4 members (excludes halogenated alkanes) is 6. The molecule has 0 saturated carbocycles. The van der Waals surface area contributed by atoms with Crippen molar-refractivity contribution in [3.63, 3.8) is 0 Å². The number of hydrogen-bond acceptors (Lipinski definition) is 8. The van der Waals surface area contributed by atoms with Gasteiger partial charge in [-0.1, -0.05) is 49.6 Å². The van der Waals surface area contributed by atoms with Crippen molar-refractivity contribution in [2.75, 3.05) is 26.4 Å². The van der Waals surface area contributed by atoms with E-state index in [1.165, 1.54) is 23.3 Å². The highest BCUT2D eigenvalue weighted by Crippen LogP contribution is 2.19. The third-order valence-electron chi connectivity index (χ3n) is 7.00. The molecule has 3 rings (SSSR count). The Morgan fingerprint density at radius 3 is 1.33 bits per heavy atom. The summed E-state index contributed by atoms with van der Waals surface area (Å²) in [6.07, 6.45) is 10.8. The molecule has 0 atom stereocenters. The molecule has 0 amide bonds. The van der Waals surface area contributed by atoms with Crippen molar-refractivity contribution in [1.29, 1.82) is 0 Å². The van der Waals surface area contributed by atoms with Crippen LogP contribution in [0.25, 0.3) is 0 Å². The first kappa shape index (κ1) is 35.9. The average Bonchev–Trinajstić information content (AvgIpc) is 3.09. The molecule has 0 heterocycles. The van der Waals surface area contributed by atoms with E-state index < -0.39 is 0 Å². The second-order valence-electron chi connectivity index (χ2n) is 10.7. The van der Waals surface area contributed by atoms with Crippen molar-refractivity contribution in [3.8, 4) is 17.2 Å². The summed E-state index contributed by atoms with van der Waals surface area (Å²) in [6.45, 7) is 9.25. The van der Waals surface area contributed by atoms with E-state index >= 15 is 0 Å². The molecule has 46 heavy (non-hydrogen) atoms. The van der Waals surface area contributed by atoms with Gasteiger partial charge in [0, 0.05) is 12.2 Å². The molecule has 0 aliphatic carbocycles. The van der Waals surface area contributed by atoms with Crippen molar-refractivity contribution < 1.29 is 38.3 Å². The van der Waals surface area contributed by atoms with Gasteiger partial charge in [-0.2, -0.15) is 4.89 Å². The number of benzene rings is 3. The van der Waals surface area contributed by atoms with Gasteiger partial charge in [0.05, 0.1) is 26.4 Å². The van der Waals surface area contributed by atoms with E-state index in [-0.39, 0.29) is 11.9 Å². The van der Waals surface area contributed by atoms with Gasteiger partial charge in [0.2, 0.25) is 0 Å². The fraction of sp³-hybridized carbons (Fsp3) is 0.368. The van der Waals surface area contributed by atoms with Crippen LogP contribution >= 0.6 is 0 Å². The molecule has 0 radical (unpaired) electrons. The van der Waals surface area contributed by atoms with Gasteiger partial charge >= 0.3 is 11.9 Å². The molecule has 0 unspecified atom stereocenters. The van der Waals surface area contributed by atoms with Crippen LogP contribution in [-0.2, 0) is 37.0 Å². The minimum atomic E-state index is -0.372. The fourth-order valence-electron chi connectivity index (χ4n) is 4.41. The molecule has 3 aromatic carbocycles. The van der Waals surface area contributed by atoms with Crippen molar-refractivity contribution >= 4 is 11.9 Å². The van der Waals surface area contributed by atoms with E-state index in [4.69, 9.17) is 28.7 Å². The highest BCUT2D eigenvalue weighted by molar-refractivity contribution is 5.81. The average molecular weight is 631 g/mol. The minimum absolute atomic E-state index is 0.320. The SMILES string of the molecule is C=CC(=O)OCCCCCCOc1ccc(COOc2ccc(Cc3ccc(OCCCCCCOC(=O)C=C)cc3)cc2)cc1. The number of ether oxygens (including phenoxy) is 4. The van der Waals surface area contributed by atoms with E-state index in [1.807, 2.05) is 60.7 Å². The fourth-order valence-corrected chi connectivity index (χ4v) is 4.41. The van der Waals surface area contributed by atoms with Gasteiger partial charge in [0.1, 0.15) is 18.1 Å². The smallest absolute Gasteiger partial charge is 0.330 e. The summed E-state index contributed by atoms with van der Waals surface area (Å²) in [7, 11) is 0. The molecule has 0 saturated heterocycles. The van der Waals surface area contributed by atoms with Crippen LogP contribution in [0.2, 0.25) is 0 Å². The molecule has 3 aromatic rings. The Labute approximate surface area is 272 Å². The van der Waals surface area contributed by atoms with Gasteiger partial charge in [-0.3, -0.25) is 0 Å². The second kappa shape index (κ2) is 22.0. The molecule has 0 aliphatic heterocycles. The minimum Gasteiger partial charge on any atom is -0.494 e. The quantitative estimate of drug-likeness (QED) is 0.0322. The number of hydrogen-bond donors (Lipinski definition) is 0. The van der Waals surface area contributed by atoms with Crippen molar-refractivity contribution in [3.05, 3.63) is 115 Å². The molecule has 0 aromatic heterocycles. The summed E-state index contributed by atoms with van der Waals surface area (Å²) in [4.78, 5) is 32.9. The van der Waals surface area contributed by atoms with E-state index in [9.17, 15) is 9.59 Å². The van der Waals surface area contributed by atoms with Gasteiger partial charge in [-0.15, -0.1) is 0 Å². The lowest BCUT2D eigenvalue weighted by Crippen LogP contribution is -2.02. The van der Waals surface area contributed by atoms with Crippen LogP contribution in [0.1, 0.15) is 68.1 Å². The lowest BCUT2D eigenvalue weighted by Gasteiger charge is -2.09. The van der Waals surface area contributed by atoms with Gasteiger partial charge in [0.25, 0.3) is 0 Å². The number of carbonyl (C=O) groups is 2. The molecule has 0 bridgehead atoms. The molecule has 0 fully saturated rings. The zero-order valence-corrected chi connectivity index (χ0v) is 26.7. The zero-order chi connectivity index (χ0) is 32.7. The molecular formula is C38H46O8. The Morgan fingerprint density at radius 1 is 0.500 bits per heavy atom. The van der Waals surface area contributed by atoms with Crippen LogP contribution in [0, 0.1) is 0 Å². The van der Waals surface area contributed by atoms with Gasteiger partial charge in [-0.05, 0) is 111 Å². The maximum absolute atomic E-state index is 11.0. The summed E-state index contributed by atoms with van der Waals surface area (Å²) in [5, 5.41) is 0. The summed E-state index contributed by atoms with van der Waals surface area (Å²) in [5.74, 6) is 1.58. The molecule has 0 aliphatic rings. The third kappa shape index (κ3) is 15.4. The van der Waals surface area contributed by atoms with Crippen molar-refractivity contribution in [2.45, 2.75) is 64.4 Å². The molecule has 8 heteroatoms. The Kier molecular flexibility index (Phi) is 17.2. The van der Waals surface area contributed by atoms with E-state index in [0.717, 1.165) is 74.8 Å². The molecular weight excluding hydrogens is 584 g/mol. The topological polar surface area (TPSA) is 89.5 Å². The van der Waals surface area contributed by atoms with Crippen molar-refractivity contribution in [1.82, 2.24) is 0 Å². The van der Waals surface area contributed by atoms with Crippen LogP contribution in [0.3, 0.4) is 0 Å². The van der Waals surface area contributed by atoms with E-state index in [2.05, 4.69) is 25.3 Å². The predicted molar refractivity (Wildman–Crippen MR) is 178 cm³/mol. The lowest BCUT2D eigenvalue weighted by molar-refractivity contribution is -0.217. The number of carbonyl (C=O) groups excluding carboxylic acids is 2. The summed E-state index contributed by atoms with van der Waals surface area (Å²) < 4.78 is 21.6. The lowest BCUT2D eigenvalue weighted by atomic mass is 10.0. The van der Waals surface area contributed by atoms with E-state index in [0.29, 0.717) is 38.8 Å². The maximum Gasteiger partial charge on any atom is 0.330 e. The summed E-state index contributed by atoms with van der Waals surface area (Å²) >= 11 is 0. The Hall–Kier alpha value is -4.56. The highest BCUT2D eigenvalue weighted by Gasteiger charge is 2.03. The van der Waals surface area contributed by atoms with Crippen LogP contribution in [0.4, 0.5) is 0 Å². The predicted octanol–water partition coefficient (Wildman–Crippen LogP) is 8.12. The van der Waals surface area contributed by atoms with Crippen LogP contribution in [0.15, 0.2) is 98.1 Å². The van der Waals surface area contributed by atoms with Gasteiger partial charge in [-0.25, -0.2) is 9.59 Å². The molecule has 246 valence electrons. The van der Waals surface area contributed by atoms with Crippen molar-refractivity contribution in [2.24, 2.45) is 0 Å². The summed E-state index contributed by atoms with van der Waals surface area (Å²) in [5.41, 5.74) is 3.35. The van der Waals surface area contributed by atoms with Gasteiger partial charge in [0.15, 0.2) is 5.75 Å². The number of rotatable bonds is 24. The van der Waals surface area contributed by atoms with Gasteiger partial charge < -0.3 is 23.8 Å². The first-order chi connectivity index (χ1) is 22.6. The monoisotopic (exact) mass is 630 g/mol. The maximum atomic E-state index is 11.0. The first-order valence-electron chi connectivity index (χ1n) is 16.0. The van der Waals surface area contributed by atoms with Crippen LogP contribution in [-0.4, -0.2) is 38.4 Å². The second-order valence-corrected chi connectivity index (χ2v) is 10.7. The molecule has 0 N–H and O–H groups in total. The van der Waals surface area contributed by atoms with Crippen LogP contribution < -0.4 is 14.4 Å².